The molecule has 138 valence electrons. The molecule has 0 saturated carbocycles. The van der Waals surface area contributed by atoms with Crippen molar-refractivity contribution in [3.8, 4) is 0 Å². The number of hydrogen-bond donors (Lipinski definition) is 1. The fourth-order valence-corrected chi connectivity index (χ4v) is 3.44. The number of halogens is 1. The Kier molecular flexibility index (Phi) is 4.73. The molecule has 0 spiro atoms. The Hall–Kier alpha value is -2.99. The van der Waals surface area contributed by atoms with Crippen LogP contribution in [-0.2, 0) is 6.54 Å². The molecule has 1 amide bonds. The Labute approximate surface area is 156 Å². The molecule has 4 rings (SSSR count). The van der Waals surface area contributed by atoms with Crippen molar-refractivity contribution in [2.45, 2.75) is 6.54 Å². The number of nitrogens with zero attached hydrogens (tertiary/aromatic N) is 2. The van der Waals surface area contributed by atoms with E-state index in [1.165, 1.54) is 24.3 Å². The highest BCUT2D eigenvalue weighted by Gasteiger charge is 2.22. The standard InChI is InChI=1S/C21H20FN3O2/c22-18-7-5-15(6-8-18)21(27)25-11-9-24(10-12-25)14-17-13-16-3-1-2-4-19(16)23-20(17)26/h1-8,13H,9-12,14H2,(H,23,26). The van der Waals surface area contributed by atoms with Gasteiger partial charge in [0.1, 0.15) is 5.82 Å². The van der Waals surface area contributed by atoms with Gasteiger partial charge in [0, 0.05) is 49.4 Å². The molecule has 2 heterocycles. The van der Waals surface area contributed by atoms with E-state index < -0.39 is 0 Å². The molecule has 1 aromatic heterocycles. The average Bonchev–Trinajstić information content (AvgIpc) is 2.69. The number of benzene rings is 2. The maximum atomic E-state index is 13.0. The number of aromatic amines is 1. The van der Waals surface area contributed by atoms with E-state index in [1.807, 2.05) is 30.3 Å². The maximum absolute atomic E-state index is 13.0. The Morgan fingerprint density at radius 1 is 1.00 bits per heavy atom. The predicted octanol–water partition coefficient (Wildman–Crippen LogP) is 2.63. The van der Waals surface area contributed by atoms with Crippen molar-refractivity contribution in [3.05, 3.63) is 81.9 Å². The molecule has 0 bridgehead atoms. The molecule has 1 aliphatic rings. The van der Waals surface area contributed by atoms with Gasteiger partial charge in [0.25, 0.3) is 11.5 Å². The van der Waals surface area contributed by atoms with E-state index in [9.17, 15) is 14.0 Å². The number of rotatable bonds is 3. The van der Waals surface area contributed by atoms with Crippen LogP contribution in [0.1, 0.15) is 15.9 Å². The van der Waals surface area contributed by atoms with E-state index >= 15 is 0 Å². The van der Waals surface area contributed by atoms with E-state index in [1.54, 1.807) is 4.90 Å². The average molecular weight is 365 g/mol. The van der Waals surface area contributed by atoms with Crippen molar-refractivity contribution < 1.29 is 9.18 Å². The fraction of sp³-hybridized carbons (Fsp3) is 0.238. The summed E-state index contributed by atoms with van der Waals surface area (Å²) in [6.45, 7) is 3.11. The molecular formula is C21H20FN3O2. The molecule has 6 heteroatoms. The predicted molar refractivity (Wildman–Crippen MR) is 102 cm³/mol. The molecule has 1 saturated heterocycles. The summed E-state index contributed by atoms with van der Waals surface area (Å²) < 4.78 is 13.0. The summed E-state index contributed by atoms with van der Waals surface area (Å²) in [5.74, 6) is -0.435. The van der Waals surface area contributed by atoms with Gasteiger partial charge in [0.15, 0.2) is 0 Å². The van der Waals surface area contributed by atoms with E-state index in [4.69, 9.17) is 0 Å². The molecule has 2 aromatic carbocycles. The van der Waals surface area contributed by atoms with Crippen molar-refractivity contribution in [1.29, 1.82) is 0 Å². The number of carbonyl (C=O) groups is 1. The number of amides is 1. The first-order valence-electron chi connectivity index (χ1n) is 8.98. The lowest BCUT2D eigenvalue weighted by molar-refractivity contribution is 0.0628. The lowest BCUT2D eigenvalue weighted by Gasteiger charge is -2.34. The zero-order chi connectivity index (χ0) is 18.8. The quantitative estimate of drug-likeness (QED) is 0.776. The summed E-state index contributed by atoms with van der Waals surface area (Å²) >= 11 is 0. The summed E-state index contributed by atoms with van der Waals surface area (Å²) in [5, 5.41) is 1.01. The maximum Gasteiger partial charge on any atom is 0.253 e. The smallest absolute Gasteiger partial charge is 0.253 e. The topological polar surface area (TPSA) is 56.4 Å². The molecule has 1 fully saturated rings. The Bertz CT molecular complexity index is 1020. The fourth-order valence-electron chi connectivity index (χ4n) is 3.44. The van der Waals surface area contributed by atoms with Crippen molar-refractivity contribution in [2.24, 2.45) is 0 Å². The van der Waals surface area contributed by atoms with Gasteiger partial charge >= 0.3 is 0 Å². The molecule has 1 N–H and O–H groups in total. The van der Waals surface area contributed by atoms with Gasteiger partial charge in [0.05, 0.1) is 0 Å². The van der Waals surface area contributed by atoms with Gasteiger partial charge in [-0.1, -0.05) is 18.2 Å². The van der Waals surface area contributed by atoms with Gasteiger partial charge in [-0.15, -0.1) is 0 Å². The summed E-state index contributed by atoms with van der Waals surface area (Å²) in [7, 11) is 0. The van der Waals surface area contributed by atoms with Crippen LogP contribution in [0, 0.1) is 5.82 Å². The van der Waals surface area contributed by atoms with Gasteiger partial charge in [-0.05, 0) is 41.8 Å². The van der Waals surface area contributed by atoms with E-state index in [0.29, 0.717) is 38.3 Å². The highest BCUT2D eigenvalue weighted by atomic mass is 19.1. The molecule has 3 aromatic rings. The second-order valence-electron chi connectivity index (χ2n) is 6.79. The third-order valence-electron chi connectivity index (χ3n) is 4.98. The number of fused-ring (bicyclic) bond motifs is 1. The highest BCUT2D eigenvalue weighted by molar-refractivity contribution is 5.94. The molecule has 0 atom stereocenters. The van der Waals surface area contributed by atoms with Gasteiger partial charge < -0.3 is 9.88 Å². The van der Waals surface area contributed by atoms with Crippen LogP contribution >= 0.6 is 0 Å². The van der Waals surface area contributed by atoms with E-state index in [2.05, 4.69) is 9.88 Å². The number of H-pyrrole nitrogens is 1. The van der Waals surface area contributed by atoms with Crippen LogP contribution in [-0.4, -0.2) is 46.9 Å². The minimum atomic E-state index is -0.350. The Morgan fingerprint density at radius 2 is 1.70 bits per heavy atom. The van der Waals surface area contributed by atoms with Gasteiger partial charge in [-0.2, -0.15) is 0 Å². The molecule has 0 aliphatic carbocycles. The number of nitrogens with one attached hydrogen (secondary N) is 1. The van der Waals surface area contributed by atoms with E-state index in [-0.39, 0.29) is 17.3 Å². The second kappa shape index (κ2) is 7.32. The Balaban J connectivity index is 1.41. The van der Waals surface area contributed by atoms with Crippen LogP contribution < -0.4 is 5.56 Å². The van der Waals surface area contributed by atoms with Crippen molar-refractivity contribution >= 4 is 16.8 Å². The van der Waals surface area contributed by atoms with Crippen LogP contribution in [0.25, 0.3) is 10.9 Å². The minimum absolute atomic E-state index is 0.0708. The summed E-state index contributed by atoms with van der Waals surface area (Å²) in [6, 6.07) is 15.3. The van der Waals surface area contributed by atoms with Crippen LogP contribution in [0.5, 0.6) is 0 Å². The number of para-hydroxylation sites is 1. The van der Waals surface area contributed by atoms with Crippen LogP contribution in [0.3, 0.4) is 0 Å². The summed E-state index contributed by atoms with van der Waals surface area (Å²) in [6.07, 6.45) is 0. The largest absolute Gasteiger partial charge is 0.336 e. The number of hydrogen-bond acceptors (Lipinski definition) is 3. The van der Waals surface area contributed by atoms with E-state index in [0.717, 1.165) is 16.5 Å². The van der Waals surface area contributed by atoms with Crippen LogP contribution in [0.2, 0.25) is 0 Å². The molecule has 0 radical (unpaired) electrons. The van der Waals surface area contributed by atoms with Gasteiger partial charge in [-0.3, -0.25) is 14.5 Å². The lowest BCUT2D eigenvalue weighted by atomic mass is 10.1. The first-order valence-corrected chi connectivity index (χ1v) is 8.98. The number of pyridine rings is 1. The second-order valence-corrected chi connectivity index (χ2v) is 6.79. The van der Waals surface area contributed by atoms with Crippen LogP contribution in [0.15, 0.2) is 59.4 Å². The zero-order valence-corrected chi connectivity index (χ0v) is 14.8. The molecule has 5 nitrogen and oxygen atoms in total. The number of carbonyl (C=O) groups excluding carboxylic acids is 1. The molecular weight excluding hydrogens is 345 g/mol. The van der Waals surface area contributed by atoms with Gasteiger partial charge in [0.2, 0.25) is 0 Å². The monoisotopic (exact) mass is 365 g/mol. The first kappa shape index (κ1) is 17.4. The molecule has 27 heavy (non-hydrogen) atoms. The summed E-state index contributed by atoms with van der Waals surface area (Å²) in [4.78, 5) is 31.7. The SMILES string of the molecule is O=C(c1ccc(F)cc1)N1CCN(Cc2cc3ccccc3[nH]c2=O)CC1. The van der Waals surface area contributed by atoms with Crippen molar-refractivity contribution in [3.63, 3.8) is 0 Å². The highest BCUT2D eigenvalue weighted by Crippen LogP contribution is 2.14. The van der Waals surface area contributed by atoms with Crippen LogP contribution in [0.4, 0.5) is 4.39 Å². The normalized spacial score (nSPS) is 15.2. The van der Waals surface area contributed by atoms with Gasteiger partial charge in [-0.25, -0.2) is 4.39 Å². The number of piperazine rings is 1. The lowest BCUT2D eigenvalue weighted by Crippen LogP contribution is -2.48. The third kappa shape index (κ3) is 3.75. The minimum Gasteiger partial charge on any atom is -0.336 e. The molecule has 1 aliphatic heterocycles. The number of aromatic nitrogens is 1. The Morgan fingerprint density at radius 3 is 2.44 bits per heavy atom. The van der Waals surface area contributed by atoms with Crippen molar-refractivity contribution in [2.75, 3.05) is 26.2 Å². The third-order valence-corrected chi connectivity index (χ3v) is 4.98. The zero-order valence-electron chi connectivity index (χ0n) is 14.8. The first-order chi connectivity index (χ1) is 13.1. The molecule has 0 unspecified atom stereocenters. The van der Waals surface area contributed by atoms with Crippen molar-refractivity contribution in [1.82, 2.24) is 14.8 Å². The summed E-state index contributed by atoms with van der Waals surface area (Å²) in [5.41, 5.74) is 1.99.